The third kappa shape index (κ3) is 3.68. The molecular formula is C23H27F2N3. The Kier molecular flexibility index (Phi) is 4.96. The molecular weight excluding hydrogens is 356 g/mol. The van der Waals surface area contributed by atoms with E-state index in [-0.39, 0.29) is 12.1 Å². The number of hydrogen-bond acceptors (Lipinski definition) is 2. The minimum absolute atomic E-state index is 0.119. The quantitative estimate of drug-likeness (QED) is 0.591. The Morgan fingerprint density at radius 1 is 1.14 bits per heavy atom. The number of aromatic amines is 1. The van der Waals surface area contributed by atoms with Gasteiger partial charge in [-0.1, -0.05) is 19.9 Å². The predicted molar refractivity (Wildman–Crippen MR) is 109 cm³/mol. The van der Waals surface area contributed by atoms with E-state index in [1.807, 2.05) is 19.1 Å². The lowest BCUT2D eigenvalue weighted by Gasteiger charge is -2.34. The van der Waals surface area contributed by atoms with Gasteiger partial charge in [-0.15, -0.1) is 0 Å². The van der Waals surface area contributed by atoms with Crippen LogP contribution < -0.4 is 5.32 Å². The normalized spacial score (nSPS) is 17.3. The molecule has 0 spiro atoms. The van der Waals surface area contributed by atoms with Crippen LogP contribution in [0.1, 0.15) is 50.7 Å². The summed E-state index contributed by atoms with van der Waals surface area (Å²) in [4.78, 5) is 7.32. The average Bonchev–Trinajstić information content (AvgIpc) is 3.12. The van der Waals surface area contributed by atoms with Crippen molar-refractivity contribution < 1.29 is 8.78 Å². The highest BCUT2D eigenvalue weighted by atomic mass is 19.1. The fourth-order valence-electron chi connectivity index (χ4n) is 4.24. The van der Waals surface area contributed by atoms with Crippen molar-refractivity contribution in [3.05, 3.63) is 53.4 Å². The van der Waals surface area contributed by atoms with Gasteiger partial charge in [0.1, 0.15) is 11.6 Å². The molecule has 3 nitrogen and oxygen atoms in total. The first-order chi connectivity index (χ1) is 13.3. The van der Waals surface area contributed by atoms with Crippen LogP contribution in [0.4, 0.5) is 8.78 Å². The Bertz CT molecular complexity index is 973. The maximum atomic E-state index is 14.8. The summed E-state index contributed by atoms with van der Waals surface area (Å²) >= 11 is 0. The van der Waals surface area contributed by atoms with Crippen molar-refractivity contribution in [2.24, 2.45) is 5.41 Å². The number of imidazole rings is 1. The van der Waals surface area contributed by atoms with E-state index in [0.29, 0.717) is 17.0 Å². The van der Waals surface area contributed by atoms with Crippen molar-refractivity contribution in [2.75, 3.05) is 0 Å². The molecule has 0 aliphatic heterocycles. The molecule has 5 heteroatoms. The molecule has 0 unspecified atom stereocenters. The maximum Gasteiger partial charge on any atom is 0.131 e. The summed E-state index contributed by atoms with van der Waals surface area (Å²) in [6.07, 6.45) is 6.02. The van der Waals surface area contributed by atoms with Crippen LogP contribution >= 0.6 is 0 Å². The summed E-state index contributed by atoms with van der Waals surface area (Å²) in [6.45, 7) is 6.72. The second kappa shape index (κ2) is 7.28. The van der Waals surface area contributed by atoms with Gasteiger partial charge in [0.2, 0.25) is 0 Å². The van der Waals surface area contributed by atoms with Gasteiger partial charge in [0.25, 0.3) is 0 Å². The van der Waals surface area contributed by atoms with Crippen molar-refractivity contribution in [1.82, 2.24) is 15.3 Å². The zero-order valence-electron chi connectivity index (χ0n) is 16.7. The number of fused-ring (bicyclic) bond motifs is 1. The highest BCUT2D eigenvalue weighted by Gasteiger charge is 2.26. The van der Waals surface area contributed by atoms with E-state index >= 15 is 0 Å². The number of nitrogens with one attached hydrogen (secondary N) is 2. The van der Waals surface area contributed by atoms with Crippen LogP contribution in [0.3, 0.4) is 0 Å². The summed E-state index contributed by atoms with van der Waals surface area (Å²) in [5.41, 5.74) is 4.53. The molecule has 4 rings (SSSR count). The summed E-state index contributed by atoms with van der Waals surface area (Å²) < 4.78 is 29.5. The summed E-state index contributed by atoms with van der Waals surface area (Å²) in [6, 6.07) is 6.94. The van der Waals surface area contributed by atoms with Gasteiger partial charge in [0.15, 0.2) is 0 Å². The Labute approximate surface area is 164 Å². The largest absolute Gasteiger partial charge is 0.344 e. The third-order valence-corrected chi connectivity index (χ3v) is 6.21. The van der Waals surface area contributed by atoms with Gasteiger partial charge in [-0.3, -0.25) is 0 Å². The smallest absolute Gasteiger partial charge is 0.131 e. The van der Waals surface area contributed by atoms with Gasteiger partial charge in [0.05, 0.1) is 17.4 Å². The number of hydrogen-bond donors (Lipinski definition) is 2. The van der Waals surface area contributed by atoms with E-state index in [9.17, 15) is 8.78 Å². The van der Waals surface area contributed by atoms with Gasteiger partial charge in [0, 0.05) is 18.2 Å². The Morgan fingerprint density at radius 3 is 2.50 bits per heavy atom. The molecule has 1 heterocycles. The first-order valence-corrected chi connectivity index (χ1v) is 9.98. The van der Waals surface area contributed by atoms with Crippen molar-refractivity contribution in [3.63, 3.8) is 0 Å². The second-order valence-corrected chi connectivity index (χ2v) is 8.77. The molecule has 2 N–H and O–H groups in total. The molecule has 1 saturated carbocycles. The number of rotatable bonds is 4. The molecule has 0 saturated heterocycles. The number of halogens is 2. The molecule has 28 heavy (non-hydrogen) atoms. The zero-order chi connectivity index (χ0) is 19.9. The fraction of sp³-hybridized carbons (Fsp3) is 0.435. The zero-order valence-corrected chi connectivity index (χ0v) is 16.7. The van der Waals surface area contributed by atoms with Crippen molar-refractivity contribution >= 4 is 11.0 Å². The van der Waals surface area contributed by atoms with Crippen molar-refractivity contribution in [1.29, 1.82) is 0 Å². The van der Waals surface area contributed by atoms with Gasteiger partial charge in [-0.25, -0.2) is 13.8 Å². The maximum absolute atomic E-state index is 14.8. The van der Waals surface area contributed by atoms with Crippen molar-refractivity contribution in [2.45, 2.75) is 59.0 Å². The molecule has 1 aliphatic rings. The standard InChI is InChI=1S/C23H27F2N3/c1-14-17(4-5-21-22(14)28-13-27-21)15-10-19(24)18(20(25)11-15)12-26-16-6-8-23(2,3)9-7-16/h4-5,10-11,13,16,26H,6-9,12H2,1-3H3,(H,27,28). The van der Waals surface area contributed by atoms with Crippen LogP contribution in [0.2, 0.25) is 0 Å². The van der Waals surface area contributed by atoms with Crippen LogP contribution in [0, 0.1) is 24.0 Å². The van der Waals surface area contributed by atoms with E-state index < -0.39 is 11.6 Å². The van der Waals surface area contributed by atoms with Crippen molar-refractivity contribution in [3.8, 4) is 11.1 Å². The van der Waals surface area contributed by atoms with Crippen LogP contribution in [0.15, 0.2) is 30.6 Å². The minimum Gasteiger partial charge on any atom is -0.344 e. The summed E-state index contributed by atoms with van der Waals surface area (Å²) in [5.74, 6) is -0.995. The number of benzene rings is 2. The lowest BCUT2D eigenvalue weighted by Crippen LogP contribution is -2.35. The minimum atomic E-state index is -0.497. The number of aromatic nitrogens is 2. The van der Waals surface area contributed by atoms with Gasteiger partial charge >= 0.3 is 0 Å². The van der Waals surface area contributed by atoms with E-state index in [0.717, 1.165) is 47.8 Å². The van der Waals surface area contributed by atoms with Crippen LogP contribution in [-0.2, 0) is 6.54 Å². The molecule has 0 radical (unpaired) electrons. The highest BCUT2D eigenvalue weighted by Crippen LogP contribution is 2.35. The van der Waals surface area contributed by atoms with E-state index in [1.54, 1.807) is 6.33 Å². The average molecular weight is 383 g/mol. The number of H-pyrrole nitrogens is 1. The predicted octanol–water partition coefficient (Wildman–Crippen LogP) is 5.87. The van der Waals surface area contributed by atoms with Gasteiger partial charge in [-0.05, 0) is 72.9 Å². The lowest BCUT2D eigenvalue weighted by molar-refractivity contribution is 0.205. The molecule has 3 aromatic rings. The van der Waals surface area contributed by atoms with Gasteiger partial charge < -0.3 is 10.3 Å². The van der Waals surface area contributed by atoms with Gasteiger partial charge in [-0.2, -0.15) is 0 Å². The van der Waals surface area contributed by atoms with Crippen LogP contribution in [0.5, 0.6) is 0 Å². The Balaban J connectivity index is 1.54. The molecule has 148 valence electrons. The third-order valence-electron chi connectivity index (χ3n) is 6.21. The van der Waals surface area contributed by atoms with Crippen LogP contribution in [-0.4, -0.2) is 16.0 Å². The fourth-order valence-corrected chi connectivity index (χ4v) is 4.24. The monoisotopic (exact) mass is 383 g/mol. The Hall–Kier alpha value is -2.27. The first-order valence-electron chi connectivity index (χ1n) is 9.98. The van der Waals surface area contributed by atoms with Crippen LogP contribution in [0.25, 0.3) is 22.2 Å². The summed E-state index contributed by atoms with van der Waals surface area (Å²) in [5, 5.41) is 3.36. The topological polar surface area (TPSA) is 40.7 Å². The van der Waals surface area contributed by atoms with E-state index in [2.05, 4.69) is 29.1 Å². The first kappa shape index (κ1) is 19.1. The molecule has 2 aromatic carbocycles. The van der Waals surface area contributed by atoms with E-state index in [4.69, 9.17) is 0 Å². The molecule has 1 aromatic heterocycles. The molecule has 1 fully saturated rings. The van der Waals surface area contributed by atoms with E-state index in [1.165, 1.54) is 12.1 Å². The second-order valence-electron chi connectivity index (χ2n) is 8.77. The summed E-state index contributed by atoms with van der Waals surface area (Å²) in [7, 11) is 0. The number of aryl methyl sites for hydroxylation is 1. The molecule has 0 atom stereocenters. The lowest BCUT2D eigenvalue weighted by atomic mass is 9.75. The molecule has 1 aliphatic carbocycles. The highest BCUT2D eigenvalue weighted by molar-refractivity contribution is 5.86. The molecule has 0 bridgehead atoms. The number of nitrogens with zero attached hydrogens (tertiary/aromatic N) is 1. The molecule has 0 amide bonds. The SMILES string of the molecule is Cc1c(-c2cc(F)c(CNC3CCC(C)(C)CC3)c(F)c2)ccc2nc[nH]c12. The Morgan fingerprint density at radius 2 is 1.82 bits per heavy atom.